The predicted octanol–water partition coefficient (Wildman–Crippen LogP) is 1.37. The van der Waals surface area contributed by atoms with Crippen LogP contribution < -0.4 is 4.90 Å². The monoisotopic (exact) mass is 397 g/mol. The van der Waals surface area contributed by atoms with Crippen LogP contribution in [0.5, 0.6) is 0 Å². The standard InChI is InChI=1S/C19H28FN3O3S/c1-3-23(18-8-13-27(25,26)14-18)19(24)15(2)21-9-11-22(12-10-21)17-6-4-16(20)5-7-17/h4-7,15,18H,3,8-14H2,1-2H3. The molecular formula is C19H28FN3O3S. The van der Waals surface area contributed by atoms with Crippen LogP contribution in [0.2, 0.25) is 0 Å². The predicted molar refractivity (Wildman–Crippen MR) is 104 cm³/mol. The van der Waals surface area contributed by atoms with Gasteiger partial charge in [-0.3, -0.25) is 9.69 Å². The average molecular weight is 398 g/mol. The lowest BCUT2D eigenvalue weighted by Crippen LogP contribution is -2.56. The Kier molecular flexibility index (Phi) is 6.05. The molecule has 0 bridgehead atoms. The van der Waals surface area contributed by atoms with Crippen LogP contribution in [0.25, 0.3) is 0 Å². The minimum absolute atomic E-state index is 0.00910. The van der Waals surface area contributed by atoms with Gasteiger partial charge in [0.1, 0.15) is 5.82 Å². The minimum Gasteiger partial charge on any atom is -0.369 e. The molecule has 2 saturated heterocycles. The Hall–Kier alpha value is -1.67. The summed E-state index contributed by atoms with van der Waals surface area (Å²) in [4.78, 5) is 19.1. The summed E-state index contributed by atoms with van der Waals surface area (Å²) in [5.41, 5.74) is 0.987. The summed E-state index contributed by atoms with van der Waals surface area (Å²) in [6, 6.07) is 6.00. The molecule has 0 aliphatic carbocycles. The molecule has 0 saturated carbocycles. The number of halogens is 1. The molecule has 0 aromatic heterocycles. The molecule has 0 N–H and O–H groups in total. The number of hydrogen-bond donors (Lipinski definition) is 0. The van der Waals surface area contributed by atoms with Crippen LogP contribution in [0.15, 0.2) is 24.3 Å². The van der Waals surface area contributed by atoms with E-state index in [9.17, 15) is 17.6 Å². The Morgan fingerprint density at radius 3 is 2.37 bits per heavy atom. The summed E-state index contributed by atoms with van der Waals surface area (Å²) < 4.78 is 36.6. The van der Waals surface area contributed by atoms with Crippen molar-refractivity contribution in [2.45, 2.75) is 32.4 Å². The Labute approximate surface area is 160 Å². The number of benzene rings is 1. The van der Waals surface area contributed by atoms with Gasteiger partial charge in [-0.1, -0.05) is 0 Å². The fraction of sp³-hybridized carbons (Fsp3) is 0.632. The Balaban J connectivity index is 1.58. The van der Waals surface area contributed by atoms with Gasteiger partial charge in [-0.25, -0.2) is 12.8 Å². The fourth-order valence-electron chi connectivity index (χ4n) is 4.03. The number of nitrogens with zero attached hydrogens (tertiary/aromatic N) is 3. The molecule has 1 amide bonds. The molecule has 1 aromatic rings. The van der Waals surface area contributed by atoms with Crippen molar-refractivity contribution in [1.82, 2.24) is 9.80 Å². The summed E-state index contributed by atoms with van der Waals surface area (Å²) in [5, 5.41) is 0. The zero-order valence-electron chi connectivity index (χ0n) is 16.0. The van der Waals surface area contributed by atoms with Crippen molar-refractivity contribution < 1.29 is 17.6 Å². The number of amides is 1. The van der Waals surface area contributed by atoms with Crippen LogP contribution in [0.3, 0.4) is 0 Å². The second-order valence-corrected chi connectivity index (χ2v) is 9.59. The summed E-state index contributed by atoms with van der Waals surface area (Å²) in [7, 11) is -3.02. The maximum Gasteiger partial charge on any atom is 0.239 e. The zero-order valence-corrected chi connectivity index (χ0v) is 16.8. The van der Waals surface area contributed by atoms with Crippen LogP contribution in [0.4, 0.5) is 10.1 Å². The van der Waals surface area contributed by atoms with Gasteiger partial charge in [0.15, 0.2) is 9.84 Å². The highest BCUT2D eigenvalue weighted by Gasteiger charge is 2.37. The lowest BCUT2D eigenvalue weighted by atomic mass is 10.1. The Bertz CT molecular complexity index is 761. The fourth-order valence-corrected chi connectivity index (χ4v) is 5.76. The summed E-state index contributed by atoms with van der Waals surface area (Å²) in [6.07, 6.45) is 0.535. The number of likely N-dealkylation sites (N-methyl/N-ethyl adjacent to an activating group) is 1. The van der Waals surface area contributed by atoms with Crippen molar-refractivity contribution in [2.24, 2.45) is 0 Å². The van der Waals surface area contributed by atoms with E-state index < -0.39 is 9.84 Å². The number of anilines is 1. The number of carbonyl (C=O) groups is 1. The van der Waals surface area contributed by atoms with Crippen LogP contribution in [0, 0.1) is 5.82 Å². The van der Waals surface area contributed by atoms with E-state index in [1.165, 1.54) is 12.1 Å². The van der Waals surface area contributed by atoms with E-state index in [1.807, 2.05) is 13.8 Å². The highest BCUT2D eigenvalue weighted by molar-refractivity contribution is 7.91. The summed E-state index contributed by atoms with van der Waals surface area (Å²) >= 11 is 0. The SMILES string of the molecule is CCN(C(=O)C(C)N1CCN(c2ccc(F)cc2)CC1)C1CCS(=O)(=O)C1. The van der Waals surface area contributed by atoms with E-state index in [1.54, 1.807) is 17.0 Å². The van der Waals surface area contributed by atoms with Gasteiger partial charge in [0.25, 0.3) is 0 Å². The Morgan fingerprint density at radius 1 is 1.22 bits per heavy atom. The third-order valence-corrected chi connectivity index (χ3v) is 7.43. The van der Waals surface area contributed by atoms with Crippen LogP contribution >= 0.6 is 0 Å². The number of hydrogen-bond acceptors (Lipinski definition) is 5. The molecule has 2 heterocycles. The minimum atomic E-state index is -3.02. The van der Waals surface area contributed by atoms with E-state index in [2.05, 4.69) is 9.80 Å². The first-order valence-corrected chi connectivity index (χ1v) is 11.4. The topological polar surface area (TPSA) is 60.9 Å². The van der Waals surface area contributed by atoms with Gasteiger partial charge in [-0.2, -0.15) is 0 Å². The average Bonchev–Trinajstić information content (AvgIpc) is 3.02. The molecule has 150 valence electrons. The first-order chi connectivity index (χ1) is 12.8. The quantitative estimate of drug-likeness (QED) is 0.751. The smallest absolute Gasteiger partial charge is 0.239 e. The molecule has 2 unspecified atom stereocenters. The highest BCUT2D eigenvalue weighted by Crippen LogP contribution is 2.21. The maximum absolute atomic E-state index is 13.1. The number of sulfone groups is 1. The number of piperazine rings is 1. The molecule has 2 fully saturated rings. The third kappa shape index (κ3) is 4.60. The van der Waals surface area contributed by atoms with E-state index in [0.29, 0.717) is 13.0 Å². The van der Waals surface area contributed by atoms with Crippen molar-refractivity contribution in [3.8, 4) is 0 Å². The van der Waals surface area contributed by atoms with E-state index >= 15 is 0 Å². The highest BCUT2D eigenvalue weighted by atomic mass is 32.2. The molecule has 2 atom stereocenters. The summed E-state index contributed by atoms with van der Waals surface area (Å²) in [6.45, 7) is 7.36. The maximum atomic E-state index is 13.1. The van der Waals surface area contributed by atoms with E-state index in [0.717, 1.165) is 31.9 Å². The van der Waals surface area contributed by atoms with Gasteiger partial charge in [0.05, 0.1) is 17.5 Å². The largest absolute Gasteiger partial charge is 0.369 e. The van der Waals surface area contributed by atoms with E-state index in [4.69, 9.17) is 0 Å². The van der Waals surface area contributed by atoms with Gasteiger partial charge < -0.3 is 9.80 Å². The molecule has 27 heavy (non-hydrogen) atoms. The molecule has 8 heteroatoms. The first-order valence-electron chi connectivity index (χ1n) is 9.56. The van der Waals surface area contributed by atoms with E-state index in [-0.39, 0.29) is 35.3 Å². The number of rotatable bonds is 5. The first kappa shape index (κ1) is 20.1. The molecule has 2 aliphatic rings. The van der Waals surface area contributed by atoms with Crippen molar-refractivity contribution in [1.29, 1.82) is 0 Å². The Morgan fingerprint density at radius 2 is 1.85 bits per heavy atom. The second kappa shape index (κ2) is 8.14. The molecular weight excluding hydrogens is 369 g/mol. The van der Waals surface area contributed by atoms with Crippen molar-refractivity contribution in [3.05, 3.63) is 30.1 Å². The summed E-state index contributed by atoms with van der Waals surface area (Å²) in [5.74, 6) is 0.0177. The van der Waals surface area contributed by atoms with Gasteiger partial charge >= 0.3 is 0 Å². The van der Waals surface area contributed by atoms with Crippen molar-refractivity contribution >= 4 is 21.4 Å². The molecule has 3 rings (SSSR count). The lowest BCUT2D eigenvalue weighted by molar-refractivity contribution is -0.138. The molecule has 6 nitrogen and oxygen atoms in total. The van der Waals surface area contributed by atoms with Gasteiger partial charge in [0.2, 0.25) is 5.91 Å². The van der Waals surface area contributed by atoms with Gasteiger partial charge in [-0.05, 0) is 44.5 Å². The molecule has 0 spiro atoms. The lowest BCUT2D eigenvalue weighted by Gasteiger charge is -2.40. The normalized spacial score (nSPS) is 24.0. The van der Waals surface area contributed by atoms with Gasteiger partial charge in [-0.15, -0.1) is 0 Å². The third-order valence-electron chi connectivity index (χ3n) is 5.68. The molecule has 2 aliphatic heterocycles. The van der Waals surface area contributed by atoms with Crippen molar-refractivity contribution in [3.63, 3.8) is 0 Å². The zero-order chi connectivity index (χ0) is 19.6. The van der Waals surface area contributed by atoms with Crippen LogP contribution in [-0.4, -0.2) is 80.4 Å². The molecule has 0 radical (unpaired) electrons. The number of carbonyl (C=O) groups excluding carboxylic acids is 1. The van der Waals surface area contributed by atoms with Crippen LogP contribution in [0.1, 0.15) is 20.3 Å². The van der Waals surface area contributed by atoms with Crippen molar-refractivity contribution in [2.75, 3.05) is 49.1 Å². The van der Waals surface area contributed by atoms with Crippen LogP contribution in [-0.2, 0) is 14.6 Å². The molecule has 1 aromatic carbocycles. The van der Waals surface area contributed by atoms with Gasteiger partial charge in [0, 0.05) is 44.5 Å². The second-order valence-electron chi connectivity index (χ2n) is 7.36.